The molecular formula is C21H23N5O3. The largest absolute Gasteiger partial charge is 0.497 e. The Morgan fingerprint density at radius 2 is 1.52 bits per heavy atom. The van der Waals surface area contributed by atoms with Crippen molar-refractivity contribution < 1.29 is 14.3 Å². The van der Waals surface area contributed by atoms with Crippen molar-refractivity contribution in [1.29, 1.82) is 0 Å². The standard InChI is InChI=1S/C21H23N5O3/c1-13-22-20(25-16-7-5-15(6-8-16)24-14(2)27)12-21(23-13)26-18-11-17(28-3)9-10-19(18)29-4/h5-12H,1-4H3,(H,24,27)(H2,22,23,25,26). The number of hydrogen-bond donors (Lipinski definition) is 3. The van der Waals surface area contributed by atoms with Crippen LogP contribution in [0.5, 0.6) is 11.5 Å². The summed E-state index contributed by atoms with van der Waals surface area (Å²) in [4.78, 5) is 20.0. The molecule has 0 unspecified atom stereocenters. The Kier molecular flexibility index (Phi) is 6.13. The summed E-state index contributed by atoms with van der Waals surface area (Å²) in [6, 6.07) is 14.6. The van der Waals surface area contributed by atoms with Gasteiger partial charge in [0.1, 0.15) is 29.0 Å². The van der Waals surface area contributed by atoms with Crippen LogP contribution in [-0.4, -0.2) is 30.1 Å². The van der Waals surface area contributed by atoms with E-state index in [1.54, 1.807) is 20.3 Å². The van der Waals surface area contributed by atoms with Crippen molar-refractivity contribution in [1.82, 2.24) is 9.97 Å². The number of carbonyl (C=O) groups is 1. The maximum absolute atomic E-state index is 11.1. The van der Waals surface area contributed by atoms with Gasteiger partial charge in [-0.1, -0.05) is 0 Å². The van der Waals surface area contributed by atoms with Crippen molar-refractivity contribution in [3.8, 4) is 11.5 Å². The lowest BCUT2D eigenvalue weighted by atomic mass is 10.2. The zero-order chi connectivity index (χ0) is 20.8. The Bertz CT molecular complexity index is 1010. The van der Waals surface area contributed by atoms with Crippen molar-refractivity contribution in [2.24, 2.45) is 0 Å². The molecule has 0 aliphatic rings. The molecule has 0 bridgehead atoms. The molecule has 1 aromatic heterocycles. The van der Waals surface area contributed by atoms with Gasteiger partial charge in [0.15, 0.2) is 0 Å². The number of nitrogens with zero attached hydrogens (tertiary/aromatic N) is 2. The molecule has 0 spiro atoms. The molecule has 0 saturated heterocycles. The van der Waals surface area contributed by atoms with Gasteiger partial charge in [0.05, 0.1) is 19.9 Å². The molecule has 0 radical (unpaired) electrons. The Labute approximate surface area is 169 Å². The van der Waals surface area contributed by atoms with E-state index >= 15 is 0 Å². The smallest absolute Gasteiger partial charge is 0.221 e. The van der Waals surface area contributed by atoms with E-state index in [1.807, 2.05) is 49.4 Å². The molecular weight excluding hydrogens is 370 g/mol. The van der Waals surface area contributed by atoms with Gasteiger partial charge in [0.2, 0.25) is 5.91 Å². The molecule has 150 valence electrons. The average molecular weight is 393 g/mol. The Morgan fingerprint density at radius 3 is 2.14 bits per heavy atom. The minimum absolute atomic E-state index is 0.110. The van der Waals surface area contributed by atoms with E-state index in [0.29, 0.717) is 29.0 Å². The monoisotopic (exact) mass is 393 g/mol. The number of amides is 1. The maximum Gasteiger partial charge on any atom is 0.221 e. The van der Waals surface area contributed by atoms with Crippen molar-refractivity contribution >= 4 is 34.6 Å². The fourth-order valence-electron chi connectivity index (χ4n) is 2.73. The molecule has 1 amide bonds. The molecule has 1 heterocycles. The van der Waals surface area contributed by atoms with Crippen molar-refractivity contribution in [2.75, 3.05) is 30.2 Å². The predicted molar refractivity (Wildman–Crippen MR) is 114 cm³/mol. The van der Waals surface area contributed by atoms with Crippen molar-refractivity contribution in [3.63, 3.8) is 0 Å². The number of aryl methyl sites for hydroxylation is 1. The van der Waals surface area contributed by atoms with Crippen LogP contribution in [0.25, 0.3) is 0 Å². The van der Waals surface area contributed by atoms with Crippen molar-refractivity contribution in [3.05, 3.63) is 54.4 Å². The Morgan fingerprint density at radius 1 is 0.862 bits per heavy atom. The van der Waals surface area contributed by atoms with E-state index in [4.69, 9.17) is 9.47 Å². The minimum Gasteiger partial charge on any atom is -0.497 e. The van der Waals surface area contributed by atoms with E-state index in [1.165, 1.54) is 6.92 Å². The minimum atomic E-state index is -0.110. The highest BCUT2D eigenvalue weighted by atomic mass is 16.5. The number of ether oxygens (including phenoxy) is 2. The Balaban J connectivity index is 1.81. The van der Waals surface area contributed by atoms with Crippen LogP contribution in [0.15, 0.2) is 48.5 Å². The first-order chi connectivity index (χ1) is 14.0. The molecule has 2 aromatic carbocycles. The third kappa shape index (κ3) is 5.35. The second-order valence-electron chi connectivity index (χ2n) is 6.26. The molecule has 8 nitrogen and oxygen atoms in total. The third-order valence-corrected chi connectivity index (χ3v) is 3.99. The molecule has 3 N–H and O–H groups in total. The summed E-state index contributed by atoms with van der Waals surface area (Å²) in [7, 11) is 3.22. The number of carbonyl (C=O) groups excluding carboxylic acids is 1. The summed E-state index contributed by atoms with van der Waals surface area (Å²) in [6.45, 7) is 3.29. The van der Waals surface area contributed by atoms with E-state index < -0.39 is 0 Å². The highest BCUT2D eigenvalue weighted by Gasteiger charge is 2.09. The fourth-order valence-corrected chi connectivity index (χ4v) is 2.73. The molecule has 0 saturated carbocycles. The highest BCUT2D eigenvalue weighted by molar-refractivity contribution is 5.88. The number of aromatic nitrogens is 2. The highest BCUT2D eigenvalue weighted by Crippen LogP contribution is 2.31. The quantitative estimate of drug-likeness (QED) is 0.552. The molecule has 8 heteroatoms. The number of hydrogen-bond acceptors (Lipinski definition) is 7. The number of nitrogens with one attached hydrogen (secondary N) is 3. The lowest BCUT2D eigenvalue weighted by molar-refractivity contribution is -0.114. The van der Waals surface area contributed by atoms with Gasteiger partial charge in [0, 0.05) is 30.4 Å². The average Bonchev–Trinajstić information content (AvgIpc) is 2.68. The van der Waals surface area contributed by atoms with Crippen LogP contribution < -0.4 is 25.4 Å². The van der Waals surface area contributed by atoms with E-state index in [0.717, 1.165) is 17.1 Å². The molecule has 29 heavy (non-hydrogen) atoms. The summed E-state index contributed by atoms with van der Waals surface area (Å²) in [6.07, 6.45) is 0. The first-order valence-corrected chi connectivity index (χ1v) is 8.96. The second-order valence-corrected chi connectivity index (χ2v) is 6.26. The summed E-state index contributed by atoms with van der Waals surface area (Å²) >= 11 is 0. The number of benzene rings is 2. The number of anilines is 5. The van der Waals surface area contributed by atoms with Gasteiger partial charge in [0.25, 0.3) is 0 Å². The van der Waals surface area contributed by atoms with Crippen LogP contribution in [0.3, 0.4) is 0 Å². The fraction of sp³-hybridized carbons (Fsp3) is 0.190. The zero-order valence-corrected chi connectivity index (χ0v) is 16.7. The van der Waals surface area contributed by atoms with Crippen LogP contribution >= 0.6 is 0 Å². The molecule has 0 aliphatic carbocycles. The molecule has 0 fully saturated rings. The second kappa shape index (κ2) is 8.92. The first kappa shape index (κ1) is 19.9. The summed E-state index contributed by atoms with van der Waals surface area (Å²) in [5.41, 5.74) is 2.30. The SMILES string of the molecule is COc1ccc(OC)c(Nc2cc(Nc3ccc(NC(C)=O)cc3)nc(C)n2)c1. The lowest BCUT2D eigenvalue weighted by Gasteiger charge is -2.14. The van der Waals surface area contributed by atoms with Gasteiger partial charge < -0.3 is 25.4 Å². The van der Waals surface area contributed by atoms with Crippen LogP contribution in [0.1, 0.15) is 12.7 Å². The molecule has 0 aliphatic heterocycles. The van der Waals surface area contributed by atoms with Crippen LogP contribution in [0, 0.1) is 6.92 Å². The zero-order valence-electron chi connectivity index (χ0n) is 16.7. The first-order valence-electron chi connectivity index (χ1n) is 8.96. The van der Waals surface area contributed by atoms with Gasteiger partial charge in [-0.2, -0.15) is 0 Å². The van der Waals surface area contributed by atoms with Crippen LogP contribution in [0.2, 0.25) is 0 Å². The summed E-state index contributed by atoms with van der Waals surface area (Å²) in [5, 5.41) is 9.23. The third-order valence-electron chi connectivity index (χ3n) is 3.99. The Hall–Kier alpha value is -3.81. The summed E-state index contributed by atoms with van der Waals surface area (Å²) in [5.74, 6) is 3.12. The van der Waals surface area contributed by atoms with Crippen molar-refractivity contribution in [2.45, 2.75) is 13.8 Å². The van der Waals surface area contributed by atoms with E-state index in [2.05, 4.69) is 25.9 Å². The lowest BCUT2D eigenvalue weighted by Crippen LogP contribution is -2.05. The van der Waals surface area contributed by atoms with Crippen LogP contribution in [-0.2, 0) is 4.79 Å². The number of rotatable bonds is 7. The van der Waals surface area contributed by atoms with Gasteiger partial charge in [-0.05, 0) is 43.3 Å². The normalized spacial score (nSPS) is 10.2. The van der Waals surface area contributed by atoms with E-state index in [-0.39, 0.29) is 5.91 Å². The molecule has 0 atom stereocenters. The maximum atomic E-state index is 11.1. The predicted octanol–water partition coefficient (Wildman–Crippen LogP) is 4.25. The van der Waals surface area contributed by atoms with Gasteiger partial charge >= 0.3 is 0 Å². The van der Waals surface area contributed by atoms with Gasteiger partial charge in [-0.15, -0.1) is 0 Å². The molecule has 3 aromatic rings. The number of methoxy groups -OCH3 is 2. The molecule has 3 rings (SSSR count). The topological polar surface area (TPSA) is 97.4 Å². The summed E-state index contributed by atoms with van der Waals surface area (Å²) < 4.78 is 10.7. The van der Waals surface area contributed by atoms with Gasteiger partial charge in [-0.3, -0.25) is 4.79 Å². The van der Waals surface area contributed by atoms with Gasteiger partial charge in [-0.25, -0.2) is 9.97 Å². The van der Waals surface area contributed by atoms with Crippen LogP contribution in [0.4, 0.5) is 28.7 Å². The van der Waals surface area contributed by atoms with E-state index in [9.17, 15) is 4.79 Å².